The fraction of sp³-hybridized carbons (Fsp3) is 0.333. The number of carbonyl (C=O) groups is 1. The van der Waals surface area contributed by atoms with Gasteiger partial charge in [-0.2, -0.15) is 11.8 Å². The van der Waals surface area contributed by atoms with E-state index in [9.17, 15) is 14.7 Å². The highest BCUT2D eigenvalue weighted by Crippen LogP contribution is 2.30. The Kier molecular flexibility index (Phi) is 5.85. The molecular formula is C18H18Cl2N2O3S. The minimum Gasteiger partial charge on any atom is -0.503 e. The molecule has 26 heavy (non-hydrogen) atoms. The predicted molar refractivity (Wildman–Crippen MR) is 106 cm³/mol. The Labute approximate surface area is 165 Å². The summed E-state index contributed by atoms with van der Waals surface area (Å²) in [6, 6.07) is 6.51. The molecule has 5 nitrogen and oxygen atoms in total. The summed E-state index contributed by atoms with van der Waals surface area (Å²) < 4.78 is 1.72. The molecular weight excluding hydrogens is 395 g/mol. The van der Waals surface area contributed by atoms with E-state index in [4.69, 9.17) is 23.2 Å². The van der Waals surface area contributed by atoms with Crippen LogP contribution in [0, 0.1) is 0 Å². The molecule has 1 amide bonds. The van der Waals surface area contributed by atoms with E-state index >= 15 is 0 Å². The Balaban J connectivity index is 1.96. The Hall–Kier alpha value is -1.63. The Morgan fingerprint density at radius 1 is 1.23 bits per heavy atom. The SMILES string of the molecule is CSCCC1CN(Cc2ccc(Cl)c(Cl)c2)C(=O)c2c(O)c(=O)ccn21. The lowest BCUT2D eigenvalue weighted by atomic mass is 10.1. The van der Waals surface area contributed by atoms with Crippen LogP contribution in [0.15, 0.2) is 35.3 Å². The van der Waals surface area contributed by atoms with Crippen LogP contribution in [0.1, 0.15) is 28.5 Å². The van der Waals surface area contributed by atoms with E-state index in [1.807, 2.05) is 12.3 Å². The van der Waals surface area contributed by atoms with Gasteiger partial charge in [-0.15, -0.1) is 0 Å². The smallest absolute Gasteiger partial charge is 0.274 e. The Morgan fingerprint density at radius 2 is 2.00 bits per heavy atom. The van der Waals surface area contributed by atoms with Gasteiger partial charge in [-0.05, 0) is 36.1 Å². The standard InChI is InChI=1S/C18H18Cl2N2O3S/c1-26-7-5-12-10-21(9-11-2-3-13(19)14(20)8-11)18(25)16-17(24)15(23)4-6-22(12)16/h2-4,6,8,12,24H,5,7,9-10H2,1H3. The molecule has 1 N–H and O–H groups in total. The average Bonchev–Trinajstić information content (AvgIpc) is 2.62. The first kappa shape index (κ1) is 19.1. The second kappa shape index (κ2) is 7.94. The number of nitrogens with zero attached hydrogens (tertiary/aromatic N) is 2. The van der Waals surface area contributed by atoms with E-state index in [-0.39, 0.29) is 17.6 Å². The zero-order valence-electron chi connectivity index (χ0n) is 14.1. The third-order valence-corrected chi connectivity index (χ3v) is 5.81. The minimum atomic E-state index is -0.551. The summed E-state index contributed by atoms with van der Waals surface area (Å²) >= 11 is 13.7. The van der Waals surface area contributed by atoms with Gasteiger partial charge in [0.1, 0.15) is 0 Å². The number of benzene rings is 1. The molecule has 1 aliphatic rings. The lowest BCUT2D eigenvalue weighted by molar-refractivity contribution is 0.0642. The van der Waals surface area contributed by atoms with Crippen LogP contribution in [-0.2, 0) is 6.54 Å². The van der Waals surface area contributed by atoms with E-state index in [2.05, 4.69) is 0 Å². The quantitative estimate of drug-likeness (QED) is 0.810. The lowest BCUT2D eigenvalue weighted by Gasteiger charge is -2.36. The molecule has 1 aromatic carbocycles. The summed E-state index contributed by atoms with van der Waals surface area (Å²) in [6.45, 7) is 0.822. The normalized spacial score (nSPS) is 16.7. The maximum atomic E-state index is 12.9. The second-order valence-corrected chi connectivity index (χ2v) is 7.95. The van der Waals surface area contributed by atoms with Crippen molar-refractivity contribution in [3.8, 4) is 5.75 Å². The number of rotatable bonds is 5. The van der Waals surface area contributed by atoms with E-state index in [0.29, 0.717) is 23.1 Å². The van der Waals surface area contributed by atoms with E-state index in [1.54, 1.807) is 39.6 Å². The molecule has 2 aromatic rings. The van der Waals surface area contributed by atoms with Crippen molar-refractivity contribution in [1.29, 1.82) is 0 Å². The van der Waals surface area contributed by atoms with Gasteiger partial charge in [-0.3, -0.25) is 9.59 Å². The van der Waals surface area contributed by atoms with E-state index in [1.165, 1.54) is 6.07 Å². The van der Waals surface area contributed by atoms with Gasteiger partial charge in [0, 0.05) is 25.4 Å². The number of aromatic hydroxyl groups is 1. The lowest BCUT2D eigenvalue weighted by Crippen LogP contribution is -2.44. The average molecular weight is 413 g/mol. The van der Waals surface area contributed by atoms with Crippen LogP contribution < -0.4 is 5.43 Å². The fourth-order valence-corrected chi connectivity index (χ4v) is 3.94. The van der Waals surface area contributed by atoms with Gasteiger partial charge in [0.15, 0.2) is 11.4 Å². The number of fused-ring (bicyclic) bond motifs is 1. The van der Waals surface area contributed by atoms with Crippen molar-refractivity contribution in [2.45, 2.75) is 19.0 Å². The number of pyridine rings is 1. The van der Waals surface area contributed by atoms with Crippen molar-refractivity contribution in [2.24, 2.45) is 0 Å². The Bertz CT molecular complexity index is 900. The van der Waals surface area contributed by atoms with Gasteiger partial charge >= 0.3 is 0 Å². The summed E-state index contributed by atoms with van der Waals surface area (Å²) in [5.74, 6) is 0.0448. The highest BCUT2D eigenvalue weighted by molar-refractivity contribution is 7.98. The molecule has 8 heteroatoms. The third kappa shape index (κ3) is 3.72. The van der Waals surface area contributed by atoms with Gasteiger partial charge in [-0.25, -0.2) is 0 Å². The number of thioether (sulfide) groups is 1. The van der Waals surface area contributed by atoms with Crippen molar-refractivity contribution >= 4 is 40.9 Å². The van der Waals surface area contributed by atoms with Crippen molar-refractivity contribution in [3.05, 3.63) is 62.0 Å². The molecule has 0 fully saturated rings. The molecule has 138 valence electrons. The minimum absolute atomic E-state index is 0.00979. The maximum Gasteiger partial charge on any atom is 0.274 e. The summed E-state index contributed by atoms with van der Waals surface area (Å²) in [5.41, 5.74) is 0.335. The van der Waals surface area contributed by atoms with Crippen molar-refractivity contribution < 1.29 is 9.90 Å². The van der Waals surface area contributed by atoms with Crippen LogP contribution >= 0.6 is 35.0 Å². The van der Waals surface area contributed by atoms with Crippen LogP contribution in [0.3, 0.4) is 0 Å². The number of hydrogen-bond donors (Lipinski definition) is 1. The first-order chi connectivity index (χ1) is 12.4. The van der Waals surface area contributed by atoms with Gasteiger partial charge in [0.25, 0.3) is 5.91 Å². The van der Waals surface area contributed by atoms with Crippen LogP contribution in [0.2, 0.25) is 10.0 Å². The zero-order chi connectivity index (χ0) is 18.8. The van der Waals surface area contributed by atoms with Crippen LogP contribution in [0.5, 0.6) is 5.75 Å². The Morgan fingerprint density at radius 3 is 2.69 bits per heavy atom. The summed E-state index contributed by atoms with van der Waals surface area (Å²) in [7, 11) is 0. The highest BCUT2D eigenvalue weighted by Gasteiger charge is 2.33. The summed E-state index contributed by atoms with van der Waals surface area (Å²) in [4.78, 5) is 26.4. The second-order valence-electron chi connectivity index (χ2n) is 6.15. The van der Waals surface area contributed by atoms with Crippen molar-refractivity contribution in [1.82, 2.24) is 9.47 Å². The molecule has 1 atom stereocenters. The first-order valence-electron chi connectivity index (χ1n) is 8.08. The molecule has 0 saturated carbocycles. The number of amides is 1. The van der Waals surface area contributed by atoms with Crippen LogP contribution in [0.25, 0.3) is 0 Å². The monoisotopic (exact) mass is 412 g/mol. The molecule has 0 bridgehead atoms. The predicted octanol–water partition coefficient (Wildman–Crippen LogP) is 3.81. The molecule has 2 heterocycles. The first-order valence-corrected chi connectivity index (χ1v) is 10.2. The molecule has 1 aliphatic heterocycles. The van der Waals surface area contributed by atoms with E-state index < -0.39 is 11.2 Å². The molecule has 1 unspecified atom stereocenters. The summed E-state index contributed by atoms with van der Waals surface area (Å²) in [5, 5.41) is 11.1. The van der Waals surface area contributed by atoms with Gasteiger partial charge < -0.3 is 14.6 Å². The van der Waals surface area contributed by atoms with Gasteiger partial charge in [0.05, 0.1) is 16.1 Å². The van der Waals surface area contributed by atoms with Crippen LogP contribution in [0.4, 0.5) is 0 Å². The van der Waals surface area contributed by atoms with Crippen LogP contribution in [-0.4, -0.2) is 39.0 Å². The fourth-order valence-electron chi connectivity index (χ4n) is 3.11. The number of aromatic nitrogens is 1. The van der Waals surface area contributed by atoms with Crippen molar-refractivity contribution in [3.63, 3.8) is 0 Å². The molecule has 0 radical (unpaired) electrons. The molecule has 0 spiro atoms. The summed E-state index contributed by atoms with van der Waals surface area (Å²) in [6.07, 6.45) is 4.43. The largest absolute Gasteiger partial charge is 0.503 e. The molecule has 0 aliphatic carbocycles. The third-order valence-electron chi connectivity index (χ3n) is 4.43. The molecule has 0 saturated heterocycles. The number of hydrogen-bond acceptors (Lipinski definition) is 4. The number of carbonyl (C=O) groups excluding carboxylic acids is 1. The zero-order valence-corrected chi connectivity index (χ0v) is 16.4. The highest BCUT2D eigenvalue weighted by atomic mass is 35.5. The molecule has 3 rings (SSSR count). The van der Waals surface area contributed by atoms with Gasteiger partial charge in [-0.1, -0.05) is 29.3 Å². The van der Waals surface area contributed by atoms with Crippen molar-refractivity contribution in [2.75, 3.05) is 18.6 Å². The molecule has 1 aromatic heterocycles. The van der Waals surface area contributed by atoms with E-state index in [0.717, 1.165) is 17.7 Å². The van der Waals surface area contributed by atoms with Gasteiger partial charge in [0.2, 0.25) is 5.43 Å². The topological polar surface area (TPSA) is 62.5 Å². The maximum absolute atomic E-state index is 12.9. The number of halogens is 2.